The number of halogens is 3. The average Bonchev–Trinajstić information content (AvgIpc) is 2.27. The molecule has 92 valence electrons. The Morgan fingerprint density at radius 1 is 0.944 bits per heavy atom. The quantitative estimate of drug-likeness (QED) is 0.846. The van der Waals surface area contributed by atoms with Crippen LogP contribution in [0.1, 0.15) is 10.4 Å². The zero-order valence-electron chi connectivity index (χ0n) is 8.95. The third-order valence-corrected chi connectivity index (χ3v) is 3.15. The van der Waals surface area contributed by atoms with Crippen LogP contribution in [0, 0.1) is 0 Å². The van der Waals surface area contributed by atoms with Gasteiger partial charge in [-0.15, -0.1) is 0 Å². The van der Waals surface area contributed by atoms with E-state index in [1.807, 2.05) is 0 Å². The van der Waals surface area contributed by atoms with Crippen molar-refractivity contribution in [2.24, 2.45) is 0 Å². The number of carboxylic acid groups (broad SMARTS) is 1. The number of benzene rings is 2. The topological polar surface area (TPSA) is 37.3 Å². The molecule has 0 bridgehead atoms. The van der Waals surface area contributed by atoms with E-state index in [1.54, 1.807) is 24.3 Å². The van der Waals surface area contributed by atoms with Crippen LogP contribution in [0.2, 0.25) is 15.1 Å². The predicted molar refractivity (Wildman–Crippen MR) is 73.9 cm³/mol. The van der Waals surface area contributed by atoms with Gasteiger partial charge < -0.3 is 5.11 Å². The summed E-state index contributed by atoms with van der Waals surface area (Å²) in [4.78, 5) is 11.0. The van der Waals surface area contributed by atoms with Crippen molar-refractivity contribution >= 4 is 40.8 Å². The molecule has 0 saturated carbocycles. The largest absolute Gasteiger partial charge is 0.478 e. The van der Waals surface area contributed by atoms with Crippen molar-refractivity contribution in [3.8, 4) is 11.1 Å². The Morgan fingerprint density at radius 2 is 1.67 bits per heavy atom. The maximum absolute atomic E-state index is 11.0. The third-order valence-electron chi connectivity index (χ3n) is 2.39. The van der Waals surface area contributed by atoms with Crippen LogP contribution in [0.25, 0.3) is 11.1 Å². The van der Waals surface area contributed by atoms with Gasteiger partial charge in [0, 0.05) is 20.6 Å². The molecular formula is C13H7Cl3O2. The highest BCUT2D eigenvalue weighted by Gasteiger charge is 2.10. The van der Waals surface area contributed by atoms with Crippen LogP contribution in [0.4, 0.5) is 0 Å². The summed E-state index contributed by atoms with van der Waals surface area (Å²) in [5.74, 6) is -1.04. The fraction of sp³-hybridized carbons (Fsp3) is 0. The van der Waals surface area contributed by atoms with Crippen molar-refractivity contribution in [3.05, 3.63) is 57.0 Å². The predicted octanol–water partition coefficient (Wildman–Crippen LogP) is 5.01. The second-order valence-electron chi connectivity index (χ2n) is 3.66. The highest BCUT2D eigenvalue weighted by molar-refractivity contribution is 6.36. The smallest absolute Gasteiger partial charge is 0.335 e. The minimum absolute atomic E-state index is 0.114. The fourth-order valence-electron chi connectivity index (χ4n) is 1.59. The van der Waals surface area contributed by atoms with Gasteiger partial charge in [-0.25, -0.2) is 4.79 Å². The summed E-state index contributed by atoms with van der Waals surface area (Å²) in [7, 11) is 0. The number of carbonyl (C=O) groups is 1. The Labute approximate surface area is 119 Å². The van der Waals surface area contributed by atoms with Gasteiger partial charge in [-0.3, -0.25) is 0 Å². The molecule has 0 aliphatic rings. The van der Waals surface area contributed by atoms with E-state index in [0.717, 1.165) is 0 Å². The first-order valence-corrected chi connectivity index (χ1v) is 6.10. The van der Waals surface area contributed by atoms with Gasteiger partial charge in [-0.2, -0.15) is 0 Å². The number of carboxylic acids is 1. The standard InChI is InChI=1S/C13H7Cl3O2/c14-9-1-2-11(12(16)6-9)7-3-8(13(17)18)5-10(15)4-7/h1-6H,(H,17,18). The van der Waals surface area contributed by atoms with Crippen molar-refractivity contribution in [1.82, 2.24) is 0 Å². The normalized spacial score (nSPS) is 10.4. The summed E-state index contributed by atoms with van der Waals surface area (Å²) in [6.45, 7) is 0. The van der Waals surface area contributed by atoms with Crippen LogP contribution in [0.15, 0.2) is 36.4 Å². The minimum atomic E-state index is -1.04. The fourth-order valence-corrected chi connectivity index (χ4v) is 2.34. The average molecular weight is 302 g/mol. The first-order chi connectivity index (χ1) is 8.47. The summed E-state index contributed by atoms with van der Waals surface area (Å²) < 4.78 is 0. The van der Waals surface area contributed by atoms with Crippen LogP contribution in [0.5, 0.6) is 0 Å². The summed E-state index contributed by atoms with van der Waals surface area (Å²) in [5.41, 5.74) is 1.44. The van der Waals surface area contributed by atoms with Gasteiger partial charge in [0.25, 0.3) is 0 Å². The van der Waals surface area contributed by atoms with E-state index in [9.17, 15) is 4.79 Å². The molecule has 2 rings (SSSR count). The lowest BCUT2D eigenvalue weighted by Gasteiger charge is -2.07. The molecule has 5 heteroatoms. The lowest BCUT2D eigenvalue weighted by atomic mass is 10.0. The molecule has 18 heavy (non-hydrogen) atoms. The molecule has 0 aliphatic carbocycles. The first-order valence-electron chi connectivity index (χ1n) is 4.96. The second kappa shape index (κ2) is 5.19. The molecule has 2 aromatic carbocycles. The van der Waals surface area contributed by atoms with E-state index >= 15 is 0 Å². The summed E-state index contributed by atoms with van der Waals surface area (Å²) in [6.07, 6.45) is 0. The monoisotopic (exact) mass is 300 g/mol. The summed E-state index contributed by atoms with van der Waals surface area (Å²) in [5, 5.41) is 10.3. The van der Waals surface area contributed by atoms with Crippen LogP contribution in [-0.4, -0.2) is 11.1 Å². The lowest BCUT2D eigenvalue weighted by molar-refractivity contribution is 0.0697. The van der Waals surface area contributed by atoms with Crippen molar-refractivity contribution in [2.45, 2.75) is 0 Å². The zero-order chi connectivity index (χ0) is 13.3. The number of hydrogen-bond acceptors (Lipinski definition) is 1. The van der Waals surface area contributed by atoms with Crippen molar-refractivity contribution in [1.29, 1.82) is 0 Å². The molecule has 0 unspecified atom stereocenters. The van der Waals surface area contributed by atoms with Crippen molar-refractivity contribution in [2.75, 3.05) is 0 Å². The summed E-state index contributed by atoms with van der Waals surface area (Å²) in [6, 6.07) is 9.57. The molecule has 0 heterocycles. The maximum Gasteiger partial charge on any atom is 0.335 e. The first kappa shape index (κ1) is 13.2. The SMILES string of the molecule is O=C(O)c1cc(Cl)cc(-c2ccc(Cl)cc2Cl)c1. The van der Waals surface area contributed by atoms with Gasteiger partial charge in [0.2, 0.25) is 0 Å². The van der Waals surface area contributed by atoms with Crippen LogP contribution >= 0.6 is 34.8 Å². The van der Waals surface area contributed by atoms with Gasteiger partial charge in [-0.1, -0.05) is 40.9 Å². The minimum Gasteiger partial charge on any atom is -0.478 e. The van der Waals surface area contributed by atoms with E-state index < -0.39 is 5.97 Å². The molecular weight excluding hydrogens is 294 g/mol. The Kier molecular flexibility index (Phi) is 3.81. The Morgan fingerprint density at radius 3 is 2.28 bits per heavy atom. The zero-order valence-corrected chi connectivity index (χ0v) is 11.2. The molecule has 0 amide bonds. The van der Waals surface area contributed by atoms with E-state index in [4.69, 9.17) is 39.9 Å². The highest BCUT2D eigenvalue weighted by Crippen LogP contribution is 2.32. The summed E-state index contributed by atoms with van der Waals surface area (Å²) >= 11 is 17.8. The molecule has 2 aromatic rings. The van der Waals surface area contributed by atoms with Gasteiger partial charge in [0.05, 0.1) is 5.56 Å². The molecule has 1 N–H and O–H groups in total. The molecule has 0 aromatic heterocycles. The number of aromatic carboxylic acids is 1. The van der Waals surface area contributed by atoms with E-state index in [1.165, 1.54) is 12.1 Å². The molecule has 0 fully saturated rings. The second-order valence-corrected chi connectivity index (χ2v) is 4.94. The highest BCUT2D eigenvalue weighted by atomic mass is 35.5. The lowest BCUT2D eigenvalue weighted by Crippen LogP contribution is -1.96. The van der Waals surface area contributed by atoms with E-state index in [-0.39, 0.29) is 5.56 Å². The molecule has 0 atom stereocenters. The van der Waals surface area contributed by atoms with Crippen LogP contribution in [0.3, 0.4) is 0 Å². The molecule has 0 radical (unpaired) electrons. The van der Waals surface area contributed by atoms with E-state index in [2.05, 4.69) is 0 Å². The van der Waals surface area contributed by atoms with Crippen molar-refractivity contribution < 1.29 is 9.90 Å². The van der Waals surface area contributed by atoms with E-state index in [0.29, 0.717) is 26.2 Å². The Bertz CT molecular complexity index is 624. The Hall–Kier alpha value is -1.22. The third kappa shape index (κ3) is 2.78. The van der Waals surface area contributed by atoms with Crippen molar-refractivity contribution in [3.63, 3.8) is 0 Å². The molecule has 0 spiro atoms. The Balaban J connectivity index is 2.60. The number of rotatable bonds is 2. The van der Waals surface area contributed by atoms with Crippen LogP contribution in [-0.2, 0) is 0 Å². The number of hydrogen-bond donors (Lipinski definition) is 1. The molecule has 0 aliphatic heterocycles. The molecule has 0 saturated heterocycles. The van der Waals surface area contributed by atoms with Crippen LogP contribution < -0.4 is 0 Å². The van der Waals surface area contributed by atoms with Gasteiger partial charge in [-0.05, 0) is 35.9 Å². The molecule has 2 nitrogen and oxygen atoms in total. The van der Waals surface area contributed by atoms with Gasteiger partial charge >= 0.3 is 5.97 Å². The van der Waals surface area contributed by atoms with Gasteiger partial charge in [0.15, 0.2) is 0 Å². The van der Waals surface area contributed by atoms with Gasteiger partial charge in [0.1, 0.15) is 0 Å². The maximum atomic E-state index is 11.0.